The Morgan fingerprint density at radius 2 is 1.83 bits per heavy atom. The highest BCUT2D eigenvalue weighted by Crippen LogP contribution is 2.34. The minimum absolute atomic E-state index is 0.0000601. The lowest BCUT2D eigenvalue weighted by atomic mass is 9.97. The van der Waals surface area contributed by atoms with Gasteiger partial charge in [-0.25, -0.2) is 13.3 Å². The van der Waals surface area contributed by atoms with Gasteiger partial charge in [0.15, 0.2) is 0 Å². The first kappa shape index (κ1) is 25.7. The summed E-state index contributed by atoms with van der Waals surface area (Å²) in [4.78, 5) is 27.3. The highest BCUT2D eigenvalue weighted by atomic mass is 35.5. The van der Waals surface area contributed by atoms with Crippen molar-refractivity contribution in [2.24, 2.45) is 0 Å². The summed E-state index contributed by atoms with van der Waals surface area (Å²) in [5, 5.41) is 0.205. The monoisotopic (exact) mass is 536 g/mol. The highest BCUT2D eigenvalue weighted by Gasteiger charge is 2.47. The zero-order valence-electron chi connectivity index (χ0n) is 19.2. The first-order chi connectivity index (χ1) is 16.7. The molecule has 1 aliphatic heterocycles. The molecule has 1 unspecified atom stereocenters. The molecule has 1 heterocycles. The van der Waals surface area contributed by atoms with Crippen LogP contribution in [0.25, 0.3) is 0 Å². The van der Waals surface area contributed by atoms with Crippen molar-refractivity contribution >= 4 is 50.7 Å². The zero-order chi connectivity index (χ0) is 25.2. The third-order valence-electron chi connectivity index (χ3n) is 6.32. The quantitative estimate of drug-likeness (QED) is 0.341. The van der Waals surface area contributed by atoms with Crippen molar-refractivity contribution in [3.8, 4) is 5.75 Å². The normalized spacial score (nSPS) is 18.8. The van der Waals surface area contributed by atoms with Gasteiger partial charge in [-0.3, -0.25) is 9.59 Å². The van der Waals surface area contributed by atoms with E-state index in [2.05, 4.69) is 6.08 Å². The number of hydrogen-bond acceptors (Lipinski definition) is 5. The molecule has 0 aromatic heterocycles. The van der Waals surface area contributed by atoms with E-state index in [1.165, 1.54) is 25.3 Å². The van der Waals surface area contributed by atoms with Gasteiger partial charge in [0.2, 0.25) is 15.9 Å². The predicted octanol–water partition coefficient (Wildman–Crippen LogP) is 5.22. The summed E-state index contributed by atoms with van der Waals surface area (Å²) in [5.74, 6) is -0.496. The van der Waals surface area contributed by atoms with Crippen molar-refractivity contribution < 1.29 is 22.7 Å². The second-order valence-electron chi connectivity index (χ2n) is 8.53. The lowest BCUT2D eigenvalue weighted by Gasteiger charge is -2.28. The van der Waals surface area contributed by atoms with Gasteiger partial charge in [0.25, 0.3) is 5.91 Å². The second kappa shape index (κ2) is 10.7. The molecule has 35 heavy (non-hydrogen) atoms. The Morgan fingerprint density at radius 3 is 2.49 bits per heavy atom. The molecule has 0 N–H and O–H groups in total. The van der Waals surface area contributed by atoms with E-state index in [0.717, 1.165) is 40.5 Å². The molecule has 1 saturated heterocycles. The number of anilines is 1. The number of methoxy groups -OCH3 is 1. The lowest BCUT2D eigenvalue weighted by molar-refractivity contribution is -0.122. The number of nitrogens with zero attached hydrogens (tertiary/aromatic N) is 2. The molecular formula is C25H26Cl2N2O5S. The van der Waals surface area contributed by atoms with E-state index in [4.69, 9.17) is 27.9 Å². The topological polar surface area (TPSA) is 84.0 Å². The summed E-state index contributed by atoms with van der Waals surface area (Å²) in [6.07, 6.45) is 6.34. The summed E-state index contributed by atoms with van der Waals surface area (Å²) in [7, 11) is -2.72. The summed E-state index contributed by atoms with van der Waals surface area (Å²) >= 11 is 12.3. The fraction of sp³-hybridized carbons (Fsp3) is 0.360. The van der Waals surface area contributed by atoms with Crippen LogP contribution in [0, 0.1) is 0 Å². The molecule has 1 aliphatic carbocycles. The van der Waals surface area contributed by atoms with E-state index in [-0.39, 0.29) is 27.9 Å². The summed E-state index contributed by atoms with van der Waals surface area (Å²) in [5.41, 5.74) is 1.51. The van der Waals surface area contributed by atoms with E-state index < -0.39 is 27.9 Å². The molecular weight excluding hydrogens is 511 g/mol. The molecule has 1 atom stereocenters. The minimum atomic E-state index is -4.24. The molecule has 0 radical (unpaired) electrons. The highest BCUT2D eigenvalue weighted by molar-refractivity contribution is 7.89. The molecule has 2 aromatic carbocycles. The number of carbonyl (C=O) groups excluding carboxylic acids is 2. The van der Waals surface area contributed by atoms with Gasteiger partial charge in [-0.05, 0) is 74.6 Å². The predicted molar refractivity (Wildman–Crippen MR) is 135 cm³/mol. The Balaban J connectivity index is 1.69. The summed E-state index contributed by atoms with van der Waals surface area (Å²) in [6, 6.07) is 9.45. The van der Waals surface area contributed by atoms with Crippen molar-refractivity contribution in [3.05, 3.63) is 64.2 Å². The van der Waals surface area contributed by atoms with Gasteiger partial charge in [-0.2, -0.15) is 4.31 Å². The Morgan fingerprint density at radius 1 is 1.09 bits per heavy atom. The standard InChI is InChI=1S/C25H26Cl2N2O5S/c1-34-20-10-8-19(9-11-20)29-24(30)16-22(25(29)31)28(14-13-17-5-3-2-4-6-17)35(32,33)23-15-18(26)7-12-21(23)27/h5,7-12,15,22H,2-4,6,13-14,16H2,1H3. The number of amides is 2. The minimum Gasteiger partial charge on any atom is -0.497 e. The third kappa shape index (κ3) is 5.40. The van der Waals surface area contributed by atoms with Gasteiger partial charge in [-0.1, -0.05) is 34.9 Å². The van der Waals surface area contributed by atoms with E-state index in [1.807, 2.05) is 0 Å². The van der Waals surface area contributed by atoms with Crippen LogP contribution in [0.1, 0.15) is 38.5 Å². The maximum absolute atomic E-state index is 13.8. The maximum Gasteiger partial charge on any atom is 0.252 e. The Bertz CT molecular complexity index is 1260. The van der Waals surface area contributed by atoms with Crippen LogP contribution in [0.5, 0.6) is 5.75 Å². The zero-order valence-corrected chi connectivity index (χ0v) is 21.6. The number of ether oxygens (including phenoxy) is 1. The van der Waals surface area contributed by atoms with Gasteiger partial charge in [0.1, 0.15) is 16.7 Å². The largest absolute Gasteiger partial charge is 0.497 e. The Labute approximate surface area is 215 Å². The molecule has 0 saturated carbocycles. The van der Waals surface area contributed by atoms with E-state index in [9.17, 15) is 18.0 Å². The smallest absolute Gasteiger partial charge is 0.252 e. The van der Waals surface area contributed by atoms with Crippen LogP contribution in [-0.4, -0.2) is 44.2 Å². The van der Waals surface area contributed by atoms with Crippen LogP contribution in [0.3, 0.4) is 0 Å². The fourth-order valence-corrected chi connectivity index (χ4v) is 6.79. The fourth-order valence-electron chi connectivity index (χ4n) is 4.47. The molecule has 0 bridgehead atoms. The van der Waals surface area contributed by atoms with E-state index in [1.54, 1.807) is 24.3 Å². The van der Waals surface area contributed by atoms with Gasteiger partial charge < -0.3 is 4.74 Å². The number of rotatable bonds is 8. The second-order valence-corrected chi connectivity index (χ2v) is 11.2. The maximum atomic E-state index is 13.8. The average molecular weight is 537 g/mol. The Hall–Kier alpha value is -2.39. The molecule has 1 fully saturated rings. The number of benzene rings is 2. The number of halogens is 2. The molecule has 4 rings (SSSR count). The van der Waals surface area contributed by atoms with Crippen LogP contribution in [0.15, 0.2) is 59.0 Å². The molecule has 2 amide bonds. The van der Waals surface area contributed by atoms with Gasteiger partial charge in [-0.15, -0.1) is 0 Å². The number of imide groups is 1. The van der Waals surface area contributed by atoms with Crippen LogP contribution in [0.2, 0.25) is 10.0 Å². The van der Waals surface area contributed by atoms with Crippen molar-refractivity contribution in [2.45, 2.75) is 49.5 Å². The summed E-state index contributed by atoms with van der Waals surface area (Å²) in [6.45, 7) is 0.0527. The first-order valence-electron chi connectivity index (χ1n) is 11.4. The van der Waals surface area contributed by atoms with Crippen LogP contribution in [0.4, 0.5) is 5.69 Å². The SMILES string of the molecule is COc1ccc(N2C(=O)CC(N(CCC3=CCCCC3)S(=O)(=O)c3cc(Cl)ccc3Cl)C2=O)cc1. The van der Waals surface area contributed by atoms with Gasteiger partial charge in [0.05, 0.1) is 24.2 Å². The van der Waals surface area contributed by atoms with Crippen molar-refractivity contribution in [2.75, 3.05) is 18.6 Å². The van der Waals surface area contributed by atoms with Crippen LogP contribution >= 0.6 is 23.2 Å². The first-order valence-corrected chi connectivity index (χ1v) is 13.6. The average Bonchev–Trinajstić information content (AvgIpc) is 3.14. The number of carbonyl (C=O) groups is 2. The molecule has 7 nitrogen and oxygen atoms in total. The number of hydrogen-bond donors (Lipinski definition) is 0. The van der Waals surface area contributed by atoms with Gasteiger partial charge >= 0.3 is 0 Å². The number of allylic oxidation sites excluding steroid dienone is 1. The van der Waals surface area contributed by atoms with Crippen LogP contribution < -0.4 is 9.64 Å². The summed E-state index contributed by atoms with van der Waals surface area (Å²) < 4.78 is 33.9. The van der Waals surface area contributed by atoms with Crippen molar-refractivity contribution in [3.63, 3.8) is 0 Å². The molecule has 2 aromatic rings. The van der Waals surface area contributed by atoms with Crippen LogP contribution in [-0.2, 0) is 19.6 Å². The van der Waals surface area contributed by atoms with Gasteiger partial charge in [0, 0.05) is 11.6 Å². The van der Waals surface area contributed by atoms with Crippen molar-refractivity contribution in [1.29, 1.82) is 0 Å². The molecule has 186 valence electrons. The van der Waals surface area contributed by atoms with Crippen molar-refractivity contribution in [1.82, 2.24) is 4.31 Å². The Kier molecular flexibility index (Phi) is 7.86. The third-order valence-corrected chi connectivity index (χ3v) is 8.94. The molecule has 10 heteroatoms. The molecule has 0 spiro atoms. The lowest BCUT2D eigenvalue weighted by Crippen LogP contribution is -2.46. The number of sulfonamides is 1. The molecule has 2 aliphatic rings. The van der Waals surface area contributed by atoms with E-state index in [0.29, 0.717) is 17.9 Å². The van der Waals surface area contributed by atoms with E-state index >= 15 is 0 Å².